The molecule has 0 heterocycles. The van der Waals surface area contributed by atoms with Crippen molar-refractivity contribution in [3.8, 4) is 5.75 Å². The highest BCUT2D eigenvalue weighted by Gasteiger charge is 2.03. The fourth-order valence-corrected chi connectivity index (χ4v) is 1.89. The fourth-order valence-electron chi connectivity index (χ4n) is 1.46. The van der Waals surface area contributed by atoms with Gasteiger partial charge in [-0.1, -0.05) is 12.1 Å². The second-order valence-corrected chi connectivity index (χ2v) is 4.80. The molecule has 18 heavy (non-hydrogen) atoms. The molecule has 94 valence electrons. The van der Waals surface area contributed by atoms with Crippen molar-refractivity contribution in [2.24, 2.45) is 0 Å². The van der Waals surface area contributed by atoms with Gasteiger partial charge in [0, 0.05) is 6.07 Å². The van der Waals surface area contributed by atoms with Gasteiger partial charge in [-0.2, -0.15) is 0 Å². The lowest BCUT2D eigenvalue weighted by Crippen LogP contribution is -1.97. The van der Waals surface area contributed by atoms with Crippen molar-refractivity contribution in [2.45, 2.75) is 13.5 Å². The van der Waals surface area contributed by atoms with Gasteiger partial charge >= 0.3 is 0 Å². The standard InChI is InChI=1S/C14H11BrF2O/c1-9-2-4-11(7-14(9)17)18-8-10-3-5-13(16)12(15)6-10/h2-7H,8H2,1H3. The van der Waals surface area contributed by atoms with Crippen LogP contribution in [0.3, 0.4) is 0 Å². The smallest absolute Gasteiger partial charge is 0.137 e. The molecule has 0 aliphatic carbocycles. The molecule has 0 aliphatic rings. The number of hydrogen-bond acceptors (Lipinski definition) is 1. The van der Waals surface area contributed by atoms with Crippen LogP contribution in [0.5, 0.6) is 5.75 Å². The van der Waals surface area contributed by atoms with Crippen LogP contribution >= 0.6 is 15.9 Å². The molecule has 0 aromatic heterocycles. The van der Waals surface area contributed by atoms with Crippen molar-refractivity contribution in [3.05, 3.63) is 63.6 Å². The summed E-state index contributed by atoms with van der Waals surface area (Å²) < 4.78 is 32.1. The highest BCUT2D eigenvalue weighted by Crippen LogP contribution is 2.20. The van der Waals surface area contributed by atoms with Crippen molar-refractivity contribution >= 4 is 15.9 Å². The predicted octanol–water partition coefficient (Wildman–Crippen LogP) is 4.61. The van der Waals surface area contributed by atoms with E-state index in [1.165, 1.54) is 12.1 Å². The van der Waals surface area contributed by atoms with Gasteiger partial charge < -0.3 is 4.74 Å². The lowest BCUT2D eigenvalue weighted by atomic mass is 10.2. The maximum absolute atomic E-state index is 13.3. The summed E-state index contributed by atoms with van der Waals surface area (Å²) in [6.07, 6.45) is 0. The molecule has 2 aromatic rings. The predicted molar refractivity (Wildman–Crippen MR) is 69.6 cm³/mol. The van der Waals surface area contributed by atoms with Gasteiger partial charge in [0.2, 0.25) is 0 Å². The van der Waals surface area contributed by atoms with Crippen LogP contribution in [0, 0.1) is 18.6 Å². The molecular formula is C14H11BrF2O. The largest absolute Gasteiger partial charge is 0.489 e. The van der Waals surface area contributed by atoms with Crippen molar-refractivity contribution in [3.63, 3.8) is 0 Å². The highest BCUT2D eigenvalue weighted by atomic mass is 79.9. The van der Waals surface area contributed by atoms with E-state index in [1.807, 2.05) is 0 Å². The molecule has 1 nitrogen and oxygen atoms in total. The van der Waals surface area contributed by atoms with E-state index in [0.29, 0.717) is 15.8 Å². The minimum absolute atomic E-state index is 0.265. The maximum atomic E-state index is 13.3. The summed E-state index contributed by atoms with van der Waals surface area (Å²) in [5.41, 5.74) is 1.39. The van der Waals surface area contributed by atoms with E-state index in [4.69, 9.17) is 4.74 Å². The molecule has 0 bridgehead atoms. The highest BCUT2D eigenvalue weighted by molar-refractivity contribution is 9.10. The number of rotatable bonds is 3. The van der Waals surface area contributed by atoms with Gasteiger partial charge in [-0.25, -0.2) is 8.78 Å². The summed E-state index contributed by atoms with van der Waals surface area (Å²) in [6.45, 7) is 1.96. The Morgan fingerprint density at radius 1 is 1.06 bits per heavy atom. The minimum atomic E-state index is -0.319. The summed E-state index contributed by atoms with van der Waals surface area (Å²) in [7, 11) is 0. The Morgan fingerprint density at radius 2 is 1.83 bits per heavy atom. The van der Waals surface area contributed by atoms with Crippen molar-refractivity contribution < 1.29 is 13.5 Å². The molecule has 0 saturated heterocycles. The molecule has 0 N–H and O–H groups in total. The SMILES string of the molecule is Cc1ccc(OCc2ccc(F)c(Br)c2)cc1F. The molecule has 0 amide bonds. The van der Waals surface area contributed by atoms with Crippen molar-refractivity contribution in [1.29, 1.82) is 0 Å². The van der Waals surface area contributed by atoms with Gasteiger partial charge in [0.25, 0.3) is 0 Å². The number of ether oxygens (including phenoxy) is 1. The average Bonchev–Trinajstić information content (AvgIpc) is 2.35. The van der Waals surface area contributed by atoms with Gasteiger partial charge in [0.1, 0.15) is 24.0 Å². The quantitative estimate of drug-likeness (QED) is 0.804. The number of hydrogen-bond donors (Lipinski definition) is 0. The molecule has 2 rings (SSSR count). The first-order chi connectivity index (χ1) is 8.56. The summed E-state index contributed by atoms with van der Waals surface area (Å²) >= 11 is 3.10. The van der Waals surface area contributed by atoms with Crippen LogP contribution in [0.1, 0.15) is 11.1 Å². The first kappa shape index (κ1) is 13.0. The topological polar surface area (TPSA) is 9.23 Å². The average molecular weight is 313 g/mol. The second-order valence-electron chi connectivity index (χ2n) is 3.95. The summed E-state index contributed by atoms with van der Waals surface area (Å²) in [5.74, 6) is -0.161. The zero-order valence-corrected chi connectivity index (χ0v) is 11.3. The molecule has 0 fully saturated rings. The maximum Gasteiger partial charge on any atom is 0.137 e. The van der Waals surface area contributed by atoms with E-state index in [-0.39, 0.29) is 18.2 Å². The number of benzene rings is 2. The monoisotopic (exact) mass is 312 g/mol. The van der Waals surface area contributed by atoms with Crippen LogP contribution in [0.15, 0.2) is 40.9 Å². The Labute approximate surface area is 113 Å². The summed E-state index contributed by atoms with van der Waals surface area (Å²) in [4.78, 5) is 0. The minimum Gasteiger partial charge on any atom is -0.489 e. The molecular weight excluding hydrogens is 302 g/mol. The third-order valence-corrected chi connectivity index (χ3v) is 3.14. The van der Waals surface area contributed by atoms with E-state index in [0.717, 1.165) is 5.56 Å². The number of halogens is 3. The van der Waals surface area contributed by atoms with Gasteiger partial charge in [0.15, 0.2) is 0 Å². The molecule has 0 atom stereocenters. The van der Waals surface area contributed by atoms with E-state index < -0.39 is 0 Å². The molecule has 0 aliphatic heterocycles. The third kappa shape index (κ3) is 3.07. The molecule has 0 radical (unpaired) electrons. The Balaban J connectivity index is 2.06. The Bertz CT molecular complexity index is 518. The summed E-state index contributed by atoms with van der Waals surface area (Å²) in [5, 5.41) is 0. The molecule has 0 spiro atoms. The number of aryl methyl sites for hydroxylation is 1. The lowest BCUT2D eigenvalue weighted by molar-refractivity contribution is 0.304. The van der Waals surface area contributed by atoms with E-state index in [1.54, 1.807) is 31.2 Å². The van der Waals surface area contributed by atoms with Gasteiger partial charge in [-0.05, 0) is 52.2 Å². The van der Waals surface area contributed by atoms with Crippen LogP contribution in [0.2, 0.25) is 0 Å². The van der Waals surface area contributed by atoms with Gasteiger partial charge in [0.05, 0.1) is 4.47 Å². The van der Waals surface area contributed by atoms with Crippen LogP contribution < -0.4 is 4.74 Å². The van der Waals surface area contributed by atoms with Crippen molar-refractivity contribution in [1.82, 2.24) is 0 Å². The molecule has 2 aromatic carbocycles. The van der Waals surface area contributed by atoms with Crippen LogP contribution in [-0.2, 0) is 6.61 Å². The van der Waals surface area contributed by atoms with E-state index >= 15 is 0 Å². The van der Waals surface area contributed by atoms with Crippen molar-refractivity contribution in [2.75, 3.05) is 0 Å². The van der Waals surface area contributed by atoms with Crippen LogP contribution in [0.4, 0.5) is 8.78 Å². The Hall–Kier alpha value is -1.42. The Morgan fingerprint density at radius 3 is 2.50 bits per heavy atom. The first-order valence-electron chi connectivity index (χ1n) is 5.39. The van der Waals surface area contributed by atoms with Gasteiger partial charge in [-0.15, -0.1) is 0 Å². The third-order valence-electron chi connectivity index (χ3n) is 2.53. The fraction of sp³-hybridized carbons (Fsp3) is 0.143. The Kier molecular flexibility index (Phi) is 3.97. The lowest BCUT2D eigenvalue weighted by Gasteiger charge is -2.07. The zero-order valence-electron chi connectivity index (χ0n) is 9.71. The first-order valence-corrected chi connectivity index (χ1v) is 6.18. The molecule has 0 unspecified atom stereocenters. The van der Waals surface area contributed by atoms with Crippen LogP contribution in [0.25, 0.3) is 0 Å². The van der Waals surface area contributed by atoms with E-state index in [9.17, 15) is 8.78 Å². The van der Waals surface area contributed by atoms with E-state index in [2.05, 4.69) is 15.9 Å². The van der Waals surface area contributed by atoms with Gasteiger partial charge in [-0.3, -0.25) is 0 Å². The second kappa shape index (κ2) is 5.48. The molecule has 4 heteroatoms. The van der Waals surface area contributed by atoms with Crippen LogP contribution in [-0.4, -0.2) is 0 Å². The normalized spacial score (nSPS) is 10.4. The molecule has 0 saturated carbocycles. The zero-order chi connectivity index (χ0) is 13.1. The summed E-state index contributed by atoms with van der Waals surface area (Å²) in [6, 6.07) is 9.33.